The highest BCUT2D eigenvalue weighted by molar-refractivity contribution is 7.92. The Bertz CT molecular complexity index is 1220. The Morgan fingerprint density at radius 3 is 2.46 bits per heavy atom. The summed E-state index contributed by atoms with van der Waals surface area (Å²) in [5.41, 5.74) is 0.511. The Morgan fingerprint density at radius 1 is 1.14 bits per heavy atom. The van der Waals surface area contributed by atoms with Crippen molar-refractivity contribution < 1.29 is 22.4 Å². The maximum atomic E-state index is 14.4. The molecule has 7 nitrogen and oxygen atoms in total. The molecule has 2 amide bonds. The number of nitrogens with one attached hydrogen (secondary N) is 1. The van der Waals surface area contributed by atoms with Crippen LogP contribution < -0.4 is 9.62 Å². The van der Waals surface area contributed by atoms with Gasteiger partial charge in [0.1, 0.15) is 11.9 Å². The molecule has 1 saturated carbocycles. The zero-order valence-electron chi connectivity index (χ0n) is 20.9. The van der Waals surface area contributed by atoms with Gasteiger partial charge >= 0.3 is 0 Å². The lowest BCUT2D eigenvalue weighted by molar-refractivity contribution is -0.141. The maximum Gasteiger partial charge on any atom is 0.242 e. The third-order valence-electron chi connectivity index (χ3n) is 6.50. The van der Waals surface area contributed by atoms with Crippen LogP contribution in [0.4, 0.5) is 10.1 Å². The fourth-order valence-electron chi connectivity index (χ4n) is 4.44. The summed E-state index contributed by atoms with van der Waals surface area (Å²) in [7, 11) is -3.72. The Labute approximate surface area is 228 Å². The van der Waals surface area contributed by atoms with Crippen molar-refractivity contribution >= 4 is 50.7 Å². The molecule has 1 aliphatic carbocycles. The van der Waals surface area contributed by atoms with E-state index >= 15 is 0 Å². The highest BCUT2D eigenvalue weighted by atomic mass is 35.5. The average molecular weight is 573 g/mol. The number of halogens is 3. The molecule has 2 aromatic carbocycles. The molecular weight excluding hydrogens is 540 g/mol. The molecule has 1 atom stereocenters. The molecule has 0 spiro atoms. The molecule has 1 aliphatic rings. The van der Waals surface area contributed by atoms with Crippen LogP contribution in [0.5, 0.6) is 0 Å². The van der Waals surface area contributed by atoms with E-state index in [2.05, 4.69) is 5.32 Å². The standard InChI is InChI=1S/C26H32Cl2FN3O4S/c1-18(26(34)30-21-9-4-5-10-21)31(17-19-8-3-6-11-23(19)29)25(33)12-7-15-32(37(2,35)36)24-16-20(27)13-14-22(24)28/h3,6,8,11,13-14,16,18,21H,4-5,7,9-10,12,15,17H2,1-2H3,(H,30,34)/t18-/m1/s1. The SMILES string of the molecule is C[C@H](C(=O)NC1CCCC1)N(Cc1ccccc1F)C(=O)CCCN(c1cc(Cl)ccc1Cl)S(C)(=O)=O. The fourth-order valence-corrected chi connectivity index (χ4v) is 5.85. The van der Waals surface area contributed by atoms with Crippen LogP contribution in [-0.4, -0.2) is 50.0 Å². The van der Waals surface area contributed by atoms with Crippen molar-refractivity contribution in [3.8, 4) is 0 Å². The van der Waals surface area contributed by atoms with Crippen molar-refractivity contribution in [3.63, 3.8) is 0 Å². The minimum atomic E-state index is -3.72. The highest BCUT2D eigenvalue weighted by Gasteiger charge is 2.29. The van der Waals surface area contributed by atoms with Crippen LogP contribution in [0.25, 0.3) is 0 Å². The van der Waals surface area contributed by atoms with Gasteiger partial charge in [-0.15, -0.1) is 0 Å². The smallest absolute Gasteiger partial charge is 0.242 e. The molecule has 0 bridgehead atoms. The Morgan fingerprint density at radius 2 is 1.81 bits per heavy atom. The van der Waals surface area contributed by atoms with Gasteiger partial charge in [0.25, 0.3) is 0 Å². The number of amides is 2. The number of hydrogen-bond donors (Lipinski definition) is 1. The van der Waals surface area contributed by atoms with E-state index in [4.69, 9.17) is 23.2 Å². The number of anilines is 1. The van der Waals surface area contributed by atoms with Crippen molar-refractivity contribution in [2.24, 2.45) is 0 Å². The molecule has 37 heavy (non-hydrogen) atoms. The van der Waals surface area contributed by atoms with Crippen molar-refractivity contribution in [3.05, 3.63) is 63.9 Å². The molecule has 202 valence electrons. The first-order valence-electron chi connectivity index (χ1n) is 12.2. The summed E-state index contributed by atoms with van der Waals surface area (Å²) < 4.78 is 40.5. The quantitative estimate of drug-likeness (QED) is 0.404. The first kappa shape index (κ1) is 29.2. The second-order valence-corrected chi connectivity index (χ2v) is 12.1. The Kier molecular flexibility index (Phi) is 10.2. The van der Waals surface area contributed by atoms with Crippen molar-refractivity contribution in [2.75, 3.05) is 17.1 Å². The van der Waals surface area contributed by atoms with E-state index in [1.54, 1.807) is 31.2 Å². The summed E-state index contributed by atoms with van der Waals surface area (Å²) in [6.07, 6.45) is 5.03. The predicted octanol–water partition coefficient (Wildman–Crippen LogP) is 5.15. The lowest BCUT2D eigenvalue weighted by Crippen LogP contribution is -2.49. The van der Waals surface area contributed by atoms with Gasteiger partial charge in [0, 0.05) is 36.1 Å². The molecule has 0 unspecified atom stereocenters. The number of sulfonamides is 1. The molecule has 0 aliphatic heterocycles. The largest absolute Gasteiger partial charge is 0.352 e. The van der Waals surface area contributed by atoms with E-state index in [-0.39, 0.29) is 54.5 Å². The molecule has 1 N–H and O–H groups in total. The second kappa shape index (κ2) is 12.9. The van der Waals surface area contributed by atoms with E-state index in [0.717, 1.165) is 36.2 Å². The summed E-state index contributed by atoms with van der Waals surface area (Å²) in [4.78, 5) is 27.7. The minimum Gasteiger partial charge on any atom is -0.352 e. The number of benzene rings is 2. The van der Waals surface area contributed by atoms with Gasteiger partial charge in [-0.05, 0) is 50.5 Å². The van der Waals surface area contributed by atoms with Gasteiger partial charge < -0.3 is 10.2 Å². The van der Waals surface area contributed by atoms with E-state index in [1.807, 2.05) is 0 Å². The second-order valence-electron chi connectivity index (χ2n) is 9.31. The van der Waals surface area contributed by atoms with Gasteiger partial charge in [0.15, 0.2) is 0 Å². The maximum absolute atomic E-state index is 14.4. The summed E-state index contributed by atoms with van der Waals surface area (Å²) >= 11 is 12.3. The third kappa shape index (κ3) is 8.06. The number of carbonyl (C=O) groups excluding carboxylic acids is 2. The lowest BCUT2D eigenvalue weighted by atomic mass is 10.1. The van der Waals surface area contributed by atoms with Crippen molar-refractivity contribution in [1.82, 2.24) is 10.2 Å². The monoisotopic (exact) mass is 571 g/mol. The Balaban J connectivity index is 1.75. The summed E-state index contributed by atoms with van der Waals surface area (Å²) in [6, 6.07) is 9.85. The first-order valence-corrected chi connectivity index (χ1v) is 14.8. The van der Waals surface area contributed by atoms with E-state index in [1.165, 1.54) is 23.1 Å². The van der Waals surface area contributed by atoms with Gasteiger partial charge in [-0.2, -0.15) is 0 Å². The zero-order valence-corrected chi connectivity index (χ0v) is 23.3. The molecular formula is C26H32Cl2FN3O4S. The highest BCUT2D eigenvalue weighted by Crippen LogP contribution is 2.31. The topological polar surface area (TPSA) is 86.8 Å². The molecule has 1 fully saturated rings. The van der Waals surface area contributed by atoms with Crippen LogP contribution in [0.15, 0.2) is 42.5 Å². The van der Waals surface area contributed by atoms with Crippen molar-refractivity contribution in [2.45, 2.75) is 64.1 Å². The van der Waals surface area contributed by atoms with E-state index in [0.29, 0.717) is 10.6 Å². The van der Waals surface area contributed by atoms with Crippen LogP contribution in [0, 0.1) is 5.82 Å². The number of rotatable bonds is 11. The summed E-state index contributed by atoms with van der Waals surface area (Å²) in [6.45, 7) is 1.51. The van der Waals surface area contributed by atoms with Gasteiger partial charge in [0.2, 0.25) is 21.8 Å². The van der Waals surface area contributed by atoms with Crippen LogP contribution in [0.2, 0.25) is 10.0 Å². The molecule has 0 saturated heterocycles. The van der Waals surface area contributed by atoms with Crippen LogP contribution in [0.1, 0.15) is 51.0 Å². The predicted molar refractivity (Wildman–Crippen MR) is 145 cm³/mol. The molecule has 0 heterocycles. The minimum absolute atomic E-state index is 0.0270. The lowest BCUT2D eigenvalue weighted by Gasteiger charge is -2.30. The molecule has 3 rings (SSSR count). The van der Waals surface area contributed by atoms with Gasteiger partial charge in [-0.3, -0.25) is 13.9 Å². The fraction of sp³-hybridized carbons (Fsp3) is 0.462. The summed E-state index contributed by atoms with van der Waals surface area (Å²) in [5, 5.41) is 3.53. The van der Waals surface area contributed by atoms with Gasteiger partial charge in [-0.1, -0.05) is 54.2 Å². The normalized spacial score (nSPS) is 14.8. The number of hydrogen-bond acceptors (Lipinski definition) is 4. The van der Waals surface area contributed by atoms with Crippen LogP contribution in [0.3, 0.4) is 0 Å². The Hall–Kier alpha value is -2.36. The number of nitrogens with zero attached hydrogens (tertiary/aromatic N) is 2. The van der Waals surface area contributed by atoms with E-state index < -0.39 is 21.9 Å². The van der Waals surface area contributed by atoms with Crippen LogP contribution >= 0.6 is 23.2 Å². The molecule has 2 aromatic rings. The van der Waals surface area contributed by atoms with Gasteiger partial charge in [0.05, 0.1) is 17.0 Å². The summed E-state index contributed by atoms with van der Waals surface area (Å²) in [5.74, 6) is -1.15. The molecule has 0 radical (unpaired) electrons. The van der Waals surface area contributed by atoms with E-state index in [9.17, 15) is 22.4 Å². The third-order valence-corrected chi connectivity index (χ3v) is 8.23. The average Bonchev–Trinajstić information content (AvgIpc) is 3.34. The molecule has 0 aromatic heterocycles. The van der Waals surface area contributed by atoms with Crippen molar-refractivity contribution in [1.29, 1.82) is 0 Å². The molecule has 11 heteroatoms. The van der Waals surface area contributed by atoms with Gasteiger partial charge in [-0.25, -0.2) is 12.8 Å². The van der Waals surface area contributed by atoms with Crippen LogP contribution in [-0.2, 0) is 26.2 Å². The first-order chi connectivity index (χ1) is 17.5. The number of carbonyl (C=O) groups is 2. The zero-order chi connectivity index (χ0) is 27.2.